The fourth-order valence-corrected chi connectivity index (χ4v) is 3.80. The number of nitrogens with two attached hydrogens (primary N) is 1. The lowest BCUT2D eigenvalue weighted by atomic mass is 10.2. The number of halogens is 3. The summed E-state index contributed by atoms with van der Waals surface area (Å²) in [6.45, 7) is 0. The number of hydrogen-bond donors (Lipinski definition) is 2. The lowest BCUT2D eigenvalue weighted by Crippen LogP contribution is -2.33. The summed E-state index contributed by atoms with van der Waals surface area (Å²) in [5, 5.41) is 19.6. The quantitative estimate of drug-likeness (QED) is 0.322. The monoisotopic (exact) mass is 445 g/mol. The van der Waals surface area contributed by atoms with Crippen LogP contribution in [0.15, 0.2) is 40.2 Å². The van der Waals surface area contributed by atoms with Crippen molar-refractivity contribution < 1.29 is 17.9 Å². The first kappa shape index (κ1) is 21.7. The number of phenolic OH excluding ortho intramolecular Hbond substituents is 1. The van der Waals surface area contributed by atoms with E-state index >= 15 is 0 Å². The highest BCUT2D eigenvalue weighted by Gasteiger charge is 2.29. The Morgan fingerprint density at radius 2 is 1.89 bits per heavy atom. The molecule has 0 radical (unpaired) electrons. The Morgan fingerprint density at radius 3 is 2.43 bits per heavy atom. The second-order valence-electron chi connectivity index (χ2n) is 5.53. The van der Waals surface area contributed by atoms with Gasteiger partial charge in [0.25, 0.3) is 0 Å². The van der Waals surface area contributed by atoms with E-state index in [0.717, 1.165) is 16.4 Å². The molecule has 0 aliphatic rings. The van der Waals surface area contributed by atoms with Crippen LogP contribution in [0.1, 0.15) is 0 Å². The van der Waals surface area contributed by atoms with Crippen LogP contribution in [0.5, 0.6) is 5.75 Å². The van der Waals surface area contributed by atoms with Crippen molar-refractivity contribution in [1.29, 1.82) is 5.26 Å². The number of sulfonamides is 1. The smallest absolute Gasteiger partial charge is 0.247 e. The molecule has 0 aromatic heterocycles. The van der Waals surface area contributed by atoms with Crippen LogP contribution in [0.25, 0.3) is 0 Å². The van der Waals surface area contributed by atoms with Crippen molar-refractivity contribution in [3.05, 3.63) is 46.2 Å². The topological polar surface area (TPSA) is 123 Å². The van der Waals surface area contributed by atoms with Crippen molar-refractivity contribution in [2.75, 3.05) is 19.0 Å². The van der Waals surface area contributed by atoms with Crippen molar-refractivity contribution in [3.63, 3.8) is 0 Å². The Hall–Kier alpha value is -2.58. The molecule has 8 nitrogen and oxygen atoms in total. The van der Waals surface area contributed by atoms with E-state index in [4.69, 9.17) is 28.9 Å². The number of nitrogens with zero attached hydrogens (tertiary/aromatic N) is 4. The van der Waals surface area contributed by atoms with E-state index in [9.17, 15) is 23.2 Å². The molecule has 3 N–H and O–H groups in total. The highest BCUT2D eigenvalue weighted by atomic mass is 35.5. The predicted octanol–water partition coefficient (Wildman–Crippen LogP) is 3.02. The molecule has 0 atom stereocenters. The van der Waals surface area contributed by atoms with Crippen molar-refractivity contribution in [3.8, 4) is 11.9 Å². The van der Waals surface area contributed by atoms with Crippen LogP contribution in [0.3, 0.4) is 0 Å². The number of benzene rings is 2. The van der Waals surface area contributed by atoms with Crippen LogP contribution in [-0.4, -0.2) is 37.9 Å². The summed E-state index contributed by atoms with van der Waals surface area (Å²) in [4.78, 5) is 4.02. The number of aliphatic imine (C=N–C) groups is 1. The summed E-state index contributed by atoms with van der Waals surface area (Å²) in [6, 6.07) is 5.73. The molecule has 148 valence electrons. The normalized spacial score (nSPS) is 12.1. The van der Waals surface area contributed by atoms with E-state index < -0.39 is 32.4 Å². The minimum absolute atomic E-state index is 0.0583. The first-order valence-corrected chi connectivity index (χ1v) is 9.63. The third-order valence-electron chi connectivity index (χ3n) is 3.52. The van der Waals surface area contributed by atoms with Crippen molar-refractivity contribution in [2.45, 2.75) is 4.90 Å². The summed E-state index contributed by atoms with van der Waals surface area (Å²) in [6.07, 6.45) is 1.69. The second kappa shape index (κ2) is 8.20. The molecule has 0 amide bonds. The number of phenols is 1. The molecule has 12 heteroatoms. The molecule has 0 aliphatic carbocycles. The average molecular weight is 446 g/mol. The molecule has 0 fully saturated rings. The number of hydrogen-bond acceptors (Lipinski definition) is 5. The van der Waals surface area contributed by atoms with E-state index in [1.54, 1.807) is 6.19 Å². The molecule has 0 saturated carbocycles. The number of rotatable bonds is 4. The van der Waals surface area contributed by atoms with Crippen molar-refractivity contribution in [1.82, 2.24) is 4.31 Å². The first-order chi connectivity index (χ1) is 13.0. The molecule has 0 bridgehead atoms. The third kappa shape index (κ3) is 4.13. The summed E-state index contributed by atoms with van der Waals surface area (Å²) in [5.41, 5.74) is 5.62. The molecule has 0 unspecified atom stereocenters. The van der Waals surface area contributed by atoms with Crippen LogP contribution in [-0.2, 0) is 10.0 Å². The highest BCUT2D eigenvalue weighted by Crippen LogP contribution is 2.39. The van der Waals surface area contributed by atoms with Gasteiger partial charge in [0.05, 0.1) is 15.7 Å². The van der Waals surface area contributed by atoms with Gasteiger partial charge in [0.15, 0.2) is 11.9 Å². The van der Waals surface area contributed by atoms with Gasteiger partial charge in [-0.25, -0.2) is 27.0 Å². The zero-order valence-corrected chi connectivity index (χ0v) is 16.9. The zero-order valence-electron chi connectivity index (χ0n) is 14.6. The molecule has 0 aliphatic heterocycles. The minimum atomic E-state index is -4.13. The Balaban J connectivity index is 2.62. The molecule has 2 rings (SSSR count). The SMILES string of the molecule is CN(C)S(=O)(=O)c1c(Cl)ccc(N(C#N)C(N)=Nc2ccc(F)cc2Cl)c1O. The van der Waals surface area contributed by atoms with Gasteiger partial charge in [-0.05, 0) is 30.3 Å². The van der Waals surface area contributed by atoms with Crippen LogP contribution in [0.2, 0.25) is 10.0 Å². The lowest BCUT2D eigenvalue weighted by Gasteiger charge is -2.20. The van der Waals surface area contributed by atoms with Crippen LogP contribution >= 0.6 is 23.2 Å². The van der Waals surface area contributed by atoms with Gasteiger partial charge in [-0.3, -0.25) is 0 Å². The van der Waals surface area contributed by atoms with Gasteiger partial charge in [-0.1, -0.05) is 23.2 Å². The molecule has 0 spiro atoms. The van der Waals surface area contributed by atoms with Gasteiger partial charge >= 0.3 is 0 Å². The molecular weight excluding hydrogens is 432 g/mol. The fraction of sp³-hybridized carbons (Fsp3) is 0.125. The maximum absolute atomic E-state index is 13.2. The molecule has 0 saturated heterocycles. The van der Waals surface area contributed by atoms with Crippen molar-refractivity contribution >= 4 is 50.6 Å². The lowest BCUT2D eigenvalue weighted by molar-refractivity contribution is 0.454. The Bertz CT molecular complexity index is 1100. The average Bonchev–Trinajstić information content (AvgIpc) is 2.59. The Kier molecular flexibility index (Phi) is 6.36. The van der Waals surface area contributed by atoms with Crippen molar-refractivity contribution in [2.24, 2.45) is 10.7 Å². The van der Waals surface area contributed by atoms with Gasteiger partial charge in [-0.2, -0.15) is 5.26 Å². The van der Waals surface area contributed by atoms with Gasteiger partial charge in [0, 0.05) is 14.1 Å². The number of guanidine groups is 1. The summed E-state index contributed by atoms with van der Waals surface area (Å²) >= 11 is 11.8. The van der Waals surface area contributed by atoms with Crippen LogP contribution in [0.4, 0.5) is 15.8 Å². The van der Waals surface area contributed by atoms with Gasteiger partial charge in [-0.15, -0.1) is 0 Å². The van der Waals surface area contributed by atoms with Gasteiger partial charge < -0.3 is 10.8 Å². The molecule has 2 aromatic carbocycles. The number of nitriles is 1. The van der Waals surface area contributed by atoms with E-state index in [1.165, 1.54) is 32.3 Å². The molecule has 0 heterocycles. The largest absolute Gasteiger partial charge is 0.504 e. The number of anilines is 1. The predicted molar refractivity (Wildman–Crippen MR) is 105 cm³/mol. The third-order valence-corrected chi connectivity index (χ3v) is 6.14. The molecule has 2 aromatic rings. The van der Waals surface area contributed by atoms with Gasteiger partial charge in [0.2, 0.25) is 16.0 Å². The van der Waals surface area contributed by atoms with Gasteiger partial charge in [0.1, 0.15) is 16.4 Å². The summed E-state index contributed by atoms with van der Waals surface area (Å²) < 4.78 is 38.9. The first-order valence-electron chi connectivity index (χ1n) is 7.43. The van der Waals surface area contributed by atoms with E-state index in [-0.39, 0.29) is 21.4 Å². The zero-order chi connectivity index (χ0) is 21.2. The molecule has 28 heavy (non-hydrogen) atoms. The van der Waals surface area contributed by atoms with Crippen LogP contribution < -0.4 is 10.6 Å². The Labute approximate surface area is 170 Å². The van der Waals surface area contributed by atoms with E-state index in [1.807, 2.05) is 0 Å². The summed E-state index contributed by atoms with van der Waals surface area (Å²) in [5.74, 6) is -1.82. The highest BCUT2D eigenvalue weighted by molar-refractivity contribution is 7.89. The minimum Gasteiger partial charge on any atom is -0.504 e. The number of aromatic hydroxyl groups is 1. The fourth-order valence-electron chi connectivity index (χ4n) is 2.12. The second-order valence-corrected chi connectivity index (χ2v) is 8.44. The maximum Gasteiger partial charge on any atom is 0.247 e. The summed E-state index contributed by atoms with van der Waals surface area (Å²) in [7, 11) is -1.61. The maximum atomic E-state index is 13.2. The van der Waals surface area contributed by atoms with E-state index in [2.05, 4.69) is 4.99 Å². The standard InChI is InChI=1S/C16H14Cl2FN5O3S/c1-23(2)28(26,27)15-10(17)4-6-13(14(15)25)24(8-20)16(21)22-12-5-3-9(19)7-11(12)18/h3-7,25H,1-2H3,(H2,21,22). The van der Waals surface area contributed by atoms with Crippen LogP contribution in [0, 0.1) is 17.3 Å². The molecular formula is C16H14Cl2FN5O3S. The Morgan fingerprint density at radius 1 is 1.25 bits per heavy atom. The van der Waals surface area contributed by atoms with E-state index in [0.29, 0.717) is 4.90 Å².